The smallest absolute Gasteiger partial charge is 0.0159 e. The highest BCUT2D eigenvalue weighted by atomic mass is 14.4. The molecule has 0 aliphatic heterocycles. The summed E-state index contributed by atoms with van der Waals surface area (Å²) in [6, 6.07) is 13.9. The molecule has 0 fully saturated rings. The molecule has 1 aliphatic rings. The third-order valence-corrected chi connectivity index (χ3v) is 4.52. The second-order valence-corrected chi connectivity index (χ2v) is 6.63. The summed E-state index contributed by atoms with van der Waals surface area (Å²) in [6.45, 7) is 11.4. The summed E-state index contributed by atoms with van der Waals surface area (Å²) in [4.78, 5) is 0. The normalized spacial score (nSPS) is 15.5. The van der Waals surface area contributed by atoms with Gasteiger partial charge in [-0.25, -0.2) is 0 Å². The van der Waals surface area contributed by atoms with Gasteiger partial charge in [0.1, 0.15) is 0 Å². The molecule has 1 aliphatic carbocycles. The molecule has 0 N–H and O–H groups in total. The van der Waals surface area contributed by atoms with Gasteiger partial charge in [-0.05, 0) is 40.7 Å². The summed E-state index contributed by atoms with van der Waals surface area (Å²) in [5.41, 5.74) is 8.72. The van der Waals surface area contributed by atoms with E-state index < -0.39 is 0 Å². The molecule has 0 aromatic heterocycles. The van der Waals surface area contributed by atoms with Crippen LogP contribution in [0.4, 0.5) is 0 Å². The molecule has 0 amide bonds. The van der Waals surface area contributed by atoms with E-state index in [4.69, 9.17) is 0 Å². The number of rotatable bonds is 1. The second kappa shape index (κ2) is 3.96. The van der Waals surface area contributed by atoms with Crippen molar-refractivity contribution in [2.75, 3.05) is 0 Å². The molecule has 0 heteroatoms. The Kier molecular flexibility index (Phi) is 2.60. The fraction of sp³-hybridized carbons (Fsp3) is 0.368. The van der Waals surface area contributed by atoms with E-state index in [-0.39, 0.29) is 5.41 Å². The van der Waals surface area contributed by atoms with Gasteiger partial charge in [-0.2, -0.15) is 0 Å². The van der Waals surface area contributed by atoms with Crippen LogP contribution in [0.15, 0.2) is 36.4 Å². The van der Waals surface area contributed by atoms with E-state index in [1.165, 1.54) is 33.4 Å². The minimum Gasteiger partial charge on any atom is -0.0587 e. The zero-order valence-electron chi connectivity index (χ0n) is 12.5. The van der Waals surface area contributed by atoms with Crippen LogP contribution in [0.3, 0.4) is 0 Å². The van der Waals surface area contributed by atoms with E-state index in [1.807, 2.05) is 0 Å². The van der Waals surface area contributed by atoms with Crippen LogP contribution in [0.25, 0.3) is 11.1 Å². The zero-order chi connectivity index (χ0) is 13.8. The topological polar surface area (TPSA) is 0 Å². The molecule has 0 bridgehead atoms. The molecule has 0 saturated carbocycles. The summed E-state index contributed by atoms with van der Waals surface area (Å²) >= 11 is 0. The largest absolute Gasteiger partial charge is 0.0587 e. The van der Waals surface area contributed by atoms with Crippen molar-refractivity contribution in [2.45, 2.75) is 46.0 Å². The third kappa shape index (κ3) is 1.74. The third-order valence-electron chi connectivity index (χ3n) is 4.52. The maximum absolute atomic E-state index is 2.41. The lowest BCUT2D eigenvalue weighted by Gasteiger charge is -2.22. The molecule has 3 rings (SSSR count). The molecule has 0 radical (unpaired) electrons. The molecule has 98 valence electrons. The van der Waals surface area contributed by atoms with Crippen LogP contribution in [0, 0.1) is 6.92 Å². The first kappa shape index (κ1) is 12.5. The van der Waals surface area contributed by atoms with Crippen molar-refractivity contribution in [3.63, 3.8) is 0 Å². The average Bonchev–Trinajstić information content (AvgIpc) is 2.58. The number of benzene rings is 2. The predicted molar refractivity (Wildman–Crippen MR) is 82.8 cm³/mol. The first-order valence-corrected chi connectivity index (χ1v) is 7.17. The Balaban J connectivity index is 2.28. The summed E-state index contributed by atoms with van der Waals surface area (Å²) in [5.74, 6) is 0.589. The Morgan fingerprint density at radius 2 is 1.42 bits per heavy atom. The molecule has 0 spiro atoms. The molecule has 2 aromatic carbocycles. The van der Waals surface area contributed by atoms with Gasteiger partial charge >= 0.3 is 0 Å². The molecule has 2 aromatic rings. The van der Waals surface area contributed by atoms with Crippen LogP contribution in [-0.4, -0.2) is 0 Å². The lowest BCUT2D eigenvalue weighted by Crippen LogP contribution is -2.15. The number of fused-ring (bicyclic) bond motifs is 3. The highest BCUT2D eigenvalue weighted by Gasteiger charge is 2.35. The molecule has 19 heavy (non-hydrogen) atoms. The van der Waals surface area contributed by atoms with Crippen molar-refractivity contribution in [1.82, 2.24) is 0 Å². The fourth-order valence-corrected chi connectivity index (χ4v) is 3.23. The van der Waals surface area contributed by atoms with E-state index >= 15 is 0 Å². The van der Waals surface area contributed by atoms with Gasteiger partial charge < -0.3 is 0 Å². The number of hydrogen-bond donors (Lipinski definition) is 0. The van der Waals surface area contributed by atoms with Crippen LogP contribution in [0.1, 0.15) is 55.9 Å². The Morgan fingerprint density at radius 1 is 0.842 bits per heavy atom. The molecular formula is C19H22. The summed E-state index contributed by atoms with van der Waals surface area (Å²) < 4.78 is 0. The average molecular weight is 250 g/mol. The minimum atomic E-state index is 0.127. The SMILES string of the molecule is Cc1ccc2c(c1)C(C)(C)c1cc(C(C)C)ccc1-2. The quantitative estimate of drug-likeness (QED) is 0.633. The predicted octanol–water partition coefficient (Wildman–Crippen LogP) is 5.42. The van der Waals surface area contributed by atoms with E-state index in [1.54, 1.807) is 0 Å². The monoisotopic (exact) mass is 250 g/mol. The van der Waals surface area contributed by atoms with Gasteiger partial charge in [-0.1, -0.05) is 69.7 Å². The highest BCUT2D eigenvalue weighted by molar-refractivity contribution is 5.81. The zero-order valence-corrected chi connectivity index (χ0v) is 12.5. The lowest BCUT2D eigenvalue weighted by atomic mass is 9.81. The van der Waals surface area contributed by atoms with Gasteiger partial charge in [0.25, 0.3) is 0 Å². The Bertz CT molecular complexity index is 645. The molecule has 0 atom stereocenters. The first-order valence-electron chi connectivity index (χ1n) is 7.17. The fourth-order valence-electron chi connectivity index (χ4n) is 3.23. The van der Waals surface area contributed by atoms with Crippen molar-refractivity contribution in [3.8, 4) is 11.1 Å². The summed E-state index contributed by atoms with van der Waals surface area (Å²) in [6.07, 6.45) is 0. The Hall–Kier alpha value is -1.56. The molecular weight excluding hydrogens is 228 g/mol. The molecule has 0 nitrogen and oxygen atoms in total. The molecule has 0 saturated heterocycles. The Morgan fingerprint density at radius 3 is 2.05 bits per heavy atom. The van der Waals surface area contributed by atoms with E-state index in [0.29, 0.717) is 5.92 Å². The van der Waals surface area contributed by atoms with Crippen LogP contribution < -0.4 is 0 Å². The number of aryl methyl sites for hydroxylation is 1. The van der Waals surface area contributed by atoms with Crippen molar-refractivity contribution in [3.05, 3.63) is 58.7 Å². The van der Waals surface area contributed by atoms with Gasteiger partial charge in [0, 0.05) is 5.41 Å². The van der Waals surface area contributed by atoms with Gasteiger partial charge in [-0.15, -0.1) is 0 Å². The van der Waals surface area contributed by atoms with E-state index in [9.17, 15) is 0 Å². The Labute approximate surface area is 116 Å². The van der Waals surface area contributed by atoms with Crippen molar-refractivity contribution in [1.29, 1.82) is 0 Å². The van der Waals surface area contributed by atoms with E-state index in [0.717, 1.165) is 0 Å². The van der Waals surface area contributed by atoms with Crippen LogP contribution >= 0.6 is 0 Å². The molecule has 0 unspecified atom stereocenters. The van der Waals surface area contributed by atoms with Crippen LogP contribution in [0.5, 0.6) is 0 Å². The van der Waals surface area contributed by atoms with Gasteiger partial charge in [0.05, 0.1) is 0 Å². The standard InChI is InChI=1S/C19H22/c1-12(2)14-7-9-16-15-8-6-13(3)10-17(15)19(4,5)18(16)11-14/h6-12H,1-5H3. The van der Waals surface area contributed by atoms with Crippen molar-refractivity contribution in [2.24, 2.45) is 0 Å². The molecule has 0 heterocycles. The summed E-state index contributed by atoms with van der Waals surface area (Å²) in [5, 5.41) is 0. The second-order valence-electron chi connectivity index (χ2n) is 6.63. The van der Waals surface area contributed by atoms with Gasteiger partial charge in [0.2, 0.25) is 0 Å². The maximum atomic E-state index is 2.41. The van der Waals surface area contributed by atoms with E-state index in [2.05, 4.69) is 71.0 Å². The van der Waals surface area contributed by atoms with Crippen LogP contribution in [0.2, 0.25) is 0 Å². The van der Waals surface area contributed by atoms with Crippen molar-refractivity contribution < 1.29 is 0 Å². The highest BCUT2D eigenvalue weighted by Crippen LogP contribution is 2.49. The minimum absolute atomic E-state index is 0.127. The lowest BCUT2D eigenvalue weighted by molar-refractivity contribution is 0.657. The van der Waals surface area contributed by atoms with Crippen LogP contribution in [-0.2, 0) is 5.41 Å². The van der Waals surface area contributed by atoms with Crippen molar-refractivity contribution >= 4 is 0 Å². The number of hydrogen-bond acceptors (Lipinski definition) is 0. The van der Waals surface area contributed by atoms with Gasteiger partial charge in [0.15, 0.2) is 0 Å². The van der Waals surface area contributed by atoms with Gasteiger partial charge in [-0.3, -0.25) is 0 Å². The first-order chi connectivity index (χ1) is 8.91. The summed E-state index contributed by atoms with van der Waals surface area (Å²) in [7, 11) is 0. The maximum Gasteiger partial charge on any atom is 0.0159 e.